The molecule has 0 unspecified atom stereocenters. The number of hydrogen-bond donors (Lipinski definition) is 1. The van der Waals surface area contributed by atoms with Crippen molar-refractivity contribution in [2.24, 2.45) is 7.05 Å². The van der Waals surface area contributed by atoms with Gasteiger partial charge in [-0.1, -0.05) is 11.6 Å². The lowest BCUT2D eigenvalue weighted by molar-refractivity contribution is 0.766. The van der Waals surface area contributed by atoms with E-state index in [0.29, 0.717) is 5.02 Å². The minimum Gasteiger partial charge on any atom is -0.355 e. The van der Waals surface area contributed by atoms with E-state index >= 15 is 0 Å². The monoisotopic (exact) mass is 279 g/mol. The molecule has 1 N–H and O–H groups in total. The smallest absolute Gasteiger partial charge is 0.128 e. The fraction of sp³-hybridized carbons (Fsp3) is 0.385. The van der Waals surface area contributed by atoms with Crippen LogP contribution >= 0.6 is 11.6 Å². The standard InChI is InChI=1S/C13H18ClN5/c1-15-6-11-4-13(16-7-12(11)14)18(2)8-10-5-17-19(3)9-10/h4-5,7,9,15H,6,8H2,1-3H3. The summed E-state index contributed by atoms with van der Waals surface area (Å²) in [5.41, 5.74) is 2.20. The molecule has 102 valence electrons. The molecule has 0 saturated heterocycles. The zero-order valence-corrected chi connectivity index (χ0v) is 12.1. The highest BCUT2D eigenvalue weighted by atomic mass is 35.5. The maximum absolute atomic E-state index is 6.11. The first-order chi connectivity index (χ1) is 9.10. The van der Waals surface area contributed by atoms with Crippen LogP contribution in [0.25, 0.3) is 0 Å². The molecule has 0 bridgehead atoms. The summed E-state index contributed by atoms with van der Waals surface area (Å²) in [6.45, 7) is 1.50. The maximum Gasteiger partial charge on any atom is 0.128 e. The second-order valence-electron chi connectivity index (χ2n) is 4.54. The zero-order chi connectivity index (χ0) is 13.8. The molecule has 0 spiro atoms. The average molecular weight is 280 g/mol. The maximum atomic E-state index is 6.11. The predicted molar refractivity (Wildman–Crippen MR) is 77.3 cm³/mol. The van der Waals surface area contributed by atoms with Gasteiger partial charge in [0.15, 0.2) is 0 Å². The Morgan fingerprint density at radius 2 is 2.21 bits per heavy atom. The first-order valence-electron chi connectivity index (χ1n) is 6.08. The molecule has 19 heavy (non-hydrogen) atoms. The van der Waals surface area contributed by atoms with Crippen molar-refractivity contribution >= 4 is 17.4 Å². The molecule has 2 aromatic heterocycles. The Bertz CT molecular complexity index is 552. The average Bonchev–Trinajstić information content (AvgIpc) is 2.77. The Morgan fingerprint density at radius 1 is 1.42 bits per heavy atom. The van der Waals surface area contributed by atoms with E-state index < -0.39 is 0 Å². The topological polar surface area (TPSA) is 46.0 Å². The molecule has 0 aromatic carbocycles. The largest absolute Gasteiger partial charge is 0.355 e. The fourth-order valence-electron chi connectivity index (χ4n) is 1.91. The van der Waals surface area contributed by atoms with Crippen molar-refractivity contribution in [1.82, 2.24) is 20.1 Å². The van der Waals surface area contributed by atoms with Crippen molar-refractivity contribution in [3.8, 4) is 0 Å². The number of pyridine rings is 1. The van der Waals surface area contributed by atoms with E-state index in [1.165, 1.54) is 0 Å². The van der Waals surface area contributed by atoms with Crippen LogP contribution in [-0.2, 0) is 20.1 Å². The molecule has 2 heterocycles. The summed E-state index contributed by atoms with van der Waals surface area (Å²) in [6, 6.07) is 2.01. The molecule has 0 saturated carbocycles. The van der Waals surface area contributed by atoms with Crippen molar-refractivity contribution in [3.63, 3.8) is 0 Å². The SMILES string of the molecule is CNCc1cc(N(C)Cc2cnn(C)c2)ncc1Cl. The molecule has 2 aromatic rings. The summed E-state index contributed by atoms with van der Waals surface area (Å²) < 4.78 is 1.80. The number of halogens is 1. The quantitative estimate of drug-likeness (QED) is 0.907. The van der Waals surface area contributed by atoms with Gasteiger partial charge in [-0.15, -0.1) is 0 Å². The Balaban J connectivity index is 2.14. The van der Waals surface area contributed by atoms with E-state index in [-0.39, 0.29) is 0 Å². The second kappa shape index (κ2) is 6.04. The lowest BCUT2D eigenvalue weighted by atomic mass is 10.2. The van der Waals surface area contributed by atoms with Crippen molar-refractivity contribution in [2.75, 3.05) is 19.0 Å². The molecule has 0 radical (unpaired) electrons. The minimum absolute atomic E-state index is 0.688. The van der Waals surface area contributed by atoms with Gasteiger partial charge in [0.1, 0.15) is 5.82 Å². The molecule has 2 rings (SSSR count). The van der Waals surface area contributed by atoms with Gasteiger partial charge >= 0.3 is 0 Å². The van der Waals surface area contributed by atoms with Crippen molar-refractivity contribution in [1.29, 1.82) is 0 Å². The highest BCUT2D eigenvalue weighted by molar-refractivity contribution is 6.31. The summed E-state index contributed by atoms with van der Waals surface area (Å²) in [5.74, 6) is 0.901. The number of aromatic nitrogens is 3. The van der Waals surface area contributed by atoms with Crippen LogP contribution in [0.1, 0.15) is 11.1 Å². The number of anilines is 1. The number of hydrogen-bond acceptors (Lipinski definition) is 4. The van der Waals surface area contributed by atoms with E-state index in [1.807, 2.05) is 39.6 Å². The van der Waals surface area contributed by atoms with E-state index in [1.54, 1.807) is 10.9 Å². The molecule has 0 aliphatic heterocycles. The van der Waals surface area contributed by atoms with Gasteiger partial charge in [-0.2, -0.15) is 5.10 Å². The van der Waals surface area contributed by atoms with E-state index in [9.17, 15) is 0 Å². The van der Waals surface area contributed by atoms with Crippen LogP contribution in [0.2, 0.25) is 5.02 Å². The summed E-state index contributed by atoms with van der Waals surface area (Å²) >= 11 is 6.11. The van der Waals surface area contributed by atoms with Crippen molar-refractivity contribution < 1.29 is 0 Å². The molecule has 6 heteroatoms. The summed E-state index contributed by atoms with van der Waals surface area (Å²) in [5, 5.41) is 7.95. The second-order valence-corrected chi connectivity index (χ2v) is 4.95. The van der Waals surface area contributed by atoms with Gasteiger partial charge in [0.2, 0.25) is 0 Å². The Morgan fingerprint density at radius 3 is 2.84 bits per heavy atom. The van der Waals surface area contributed by atoms with Crippen LogP contribution in [0.5, 0.6) is 0 Å². The molecule has 0 aliphatic carbocycles. The number of rotatable bonds is 5. The Kier molecular flexibility index (Phi) is 4.39. The molecule has 0 fully saturated rings. The van der Waals surface area contributed by atoms with Crippen molar-refractivity contribution in [3.05, 3.63) is 40.8 Å². The zero-order valence-electron chi connectivity index (χ0n) is 11.4. The Hall–Kier alpha value is -1.59. The molecule has 0 amide bonds. The molecule has 0 atom stereocenters. The Labute approximate surface area is 118 Å². The highest BCUT2D eigenvalue weighted by Crippen LogP contribution is 2.20. The van der Waals surface area contributed by atoms with Crippen LogP contribution in [0.4, 0.5) is 5.82 Å². The first kappa shape index (κ1) is 13.8. The summed E-state index contributed by atoms with van der Waals surface area (Å²) in [6.07, 6.45) is 5.56. The lowest BCUT2D eigenvalue weighted by Crippen LogP contribution is -2.18. The van der Waals surface area contributed by atoms with Crippen molar-refractivity contribution in [2.45, 2.75) is 13.1 Å². The lowest BCUT2D eigenvalue weighted by Gasteiger charge is -2.18. The van der Waals surface area contributed by atoms with Crippen LogP contribution in [0.15, 0.2) is 24.7 Å². The van der Waals surface area contributed by atoms with Crippen LogP contribution in [-0.4, -0.2) is 28.9 Å². The summed E-state index contributed by atoms with van der Waals surface area (Å²) in [7, 11) is 5.82. The van der Waals surface area contributed by atoms with Gasteiger partial charge in [0.25, 0.3) is 0 Å². The predicted octanol–water partition coefficient (Wildman–Crippen LogP) is 1.82. The third-order valence-corrected chi connectivity index (χ3v) is 3.20. The van der Waals surface area contributed by atoms with Gasteiger partial charge in [0, 0.05) is 45.1 Å². The fourth-order valence-corrected chi connectivity index (χ4v) is 2.08. The van der Waals surface area contributed by atoms with Gasteiger partial charge in [-0.3, -0.25) is 4.68 Å². The first-order valence-corrected chi connectivity index (χ1v) is 6.45. The van der Waals surface area contributed by atoms with E-state index in [2.05, 4.69) is 20.3 Å². The summed E-state index contributed by atoms with van der Waals surface area (Å²) in [4.78, 5) is 6.44. The number of nitrogens with zero attached hydrogens (tertiary/aromatic N) is 4. The number of aryl methyl sites for hydroxylation is 1. The number of nitrogens with one attached hydrogen (secondary N) is 1. The highest BCUT2D eigenvalue weighted by Gasteiger charge is 2.08. The molecular formula is C13H18ClN5. The van der Waals surface area contributed by atoms with Crippen LogP contribution in [0, 0.1) is 0 Å². The van der Waals surface area contributed by atoms with E-state index in [0.717, 1.165) is 30.0 Å². The molecule has 0 aliphatic rings. The van der Waals surface area contributed by atoms with Gasteiger partial charge < -0.3 is 10.2 Å². The third-order valence-electron chi connectivity index (χ3n) is 2.86. The minimum atomic E-state index is 0.688. The van der Waals surface area contributed by atoms with Crippen LogP contribution in [0.3, 0.4) is 0 Å². The van der Waals surface area contributed by atoms with Gasteiger partial charge in [-0.25, -0.2) is 4.98 Å². The molecule has 5 nitrogen and oxygen atoms in total. The van der Waals surface area contributed by atoms with Gasteiger partial charge in [0.05, 0.1) is 11.2 Å². The third kappa shape index (κ3) is 3.45. The molecular weight excluding hydrogens is 262 g/mol. The van der Waals surface area contributed by atoms with Crippen LogP contribution < -0.4 is 10.2 Å². The van der Waals surface area contributed by atoms with Gasteiger partial charge in [-0.05, 0) is 18.7 Å². The van der Waals surface area contributed by atoms with E-state index in [4.69, 9.17) is 11.6 Å². The normalized spacial score (nSPS) is 10.7.